The lowest BCUT2D eigenvalue weighted by atomic mass is 9.84. The molecule has 13 heavy (non-hydrogen) atoms. The summed E-state index contributed by atoms with van der Waals surface area (Å²) >= 11 is 0. The zero-order valence-corrected chi connectivity index (χ0v) is 10.2. The van der Waals surface area contributed by atoms with Crippen LogP contribution in [0.25, 0.3) is 0 Å². The molecule has 0 aromatic heterocycles. The van der Waals surface area contributed by atoms with Crippen molar-refractivity contribution in [3.63, 3.8) is 0 Å². The van der Waals surface area contributed by atoms with Crippen LogP contribution in [0.5, 0.6) is 0 Å². The molecule has 0 saturated carbocycles. The van der Waals surface area contributed by atoms with Crippen LogP contribution in [-0.4, -0.2) is 36.6 Å². The first kappa shape index (κ1) is 10.7. The van der Waals surface area contributed by atoms with Crippen molar-refractivity contribution < 1.29 is 4.79 Å². The van der Waals surface area contributed by atoms with Crippen molar-refractivity contribution in [2.45, 2.75) is 45.1 Å². The summed E-state index contributed by atoms with van der Waals surface area (Å²) in [5.41, 5.74) is 5.61. The monoisotopic (exact) mass is 200 g/mol. The molecule has 0 aromatic carbocycles. The summed E-state index contributed by atoms with van der Waals surface area (Å²) < 4.78 is 0. The fourth-order valence-corrected chi connectivity index (χ4v) is 3.12. The average Bonchev–Trinajstić information content (AvgIpc) is 1.96. The van der Waals surface area contributed by atoms with E-state index in [0.717, 1.165) is 6.17 Å². The maximum atomic E-state index is 11.5. The molecule has 0 aromatic rings. The molecule has 4 heteroatoms. The van der Waals surface area contributed by atoms with E-state index in [0.29, 0.717) is 0 Å². The summed E-state index contributed by atoms with van der Waals surface area (Å²) in [4.78, 5) is 13.4. The van der Waals surface area contributed by atoms with Crippen molar-refractivity contribution in [3.8, 4) is 0 Å². The predicted octanol–water partition coefficient (Wildman–Crippen LogP) is 0.812. The van der Waals surface area contributed by atoms with Gasteiger partial charge in [0.15, 0.2) is 0 Å². The highest BCUT2D eigenvalue weighted by atomic mass is 28.3. The van der Waals surface area contributed by atoms with Gasteiger partial charge in [-0.3, -0.25) is 4.79 Å². The van der Waals surface area contributed by atoms with Gasteiger partial charge in [-0.05, 0) is 13.8 Å². The highest BCUT2D eigenvalue weighted by Crippen LogP contribution is 2.31. The van der Waals surface area contributed by atoms with E-state index in [-0.39, 0.29) is 17.5 Å². The van der Waals surface area contributed by atoms with Crippen molar-refractivity contribution in [1.82, 2.24) is 4.90 Å². The fraction of sp³-hybridized carbons (Fsp3) is 0.889. The maximum Gasteiger partial charge on any atom is 0.242 e. The molecule has 1 heterocycles. The van der Waals surface area contributed by atoms with Gasteiger partial charge in [0.25, 0.3) is 0 Å². The largest absolute Gasteiger partial charge is 0.337 e. The third-order valence-electron chi connectivity index (χ3n) is 2.62. The molecule has 1 saturated heterocycles. The Balaban J connectivity index is 2.68. The molecule has 0 aliphatic carbocycles. The van der Waals surface area contributed by atoms with Gasteiger partial charge in [-0.1, -0.05) is 19.6 Å². The lowest BCUT2D eigenvalue weighted by Crippen LogP contribution is -2.76. The molecule has 3 nitrogen and oxygen atoms in total. The Kier molecular flexibility index (Phi) is 2.32. The normalized spacial score (nSPS) is 27.4. The summed E-state index contributed by atoms with van der Waals surface area (Å²) in [7, 11) is -1.20. The van der Waals surface area contributed by atoms with Crippen LogP contribution in [0.4, 0.5) is 0 Å². The van der Waals surface area contributed by atoms with E-state index in [1.54, 1.807) is 0 Å². The maximum absolute atomic E-state index is 11.5. The van der Waals surface area contributed by atoms with Crippen LogP contribution in [0.2, 0.25) is 19.6 Å². The number of rotatable bonds is 2. The van der Waals surface area contributed by atoms with Crippen LogP contribution in [0.1, 0.15) is 13.8 Å². The number of nitrogens with two attached hydrogens (primary N) is 1. The molecular formula is C9H20N2OSi. The number of carbonyl (C=O) groups excluding carboxylic acids is 1. The van der Waals surface area contributed by atoms with E-state index >= 15 is 0 Å². The first-order chi connectivity index (χ1) is 5.66. The standard InChI is InChI=1S/C9H20N2OSi/c1-9(2)7(10)8(12)11(9)6-13(3,4)5/h7H,6,10H2,1-5H3/t7-/m0/s1. The first-order valence-electron chi connectivity index (χ1n) is 4.73. The summed E-state index contributed by atoms with van der Waals surface area (Å²) in [6.45, 7) is 10.9. The molecular weight excluding hydrogens is 180 g/mol. The minimum Gasteiger partial charge on any atom is -0.337 e. The van der Waals surface area contributed by atoms with Gasteiger partial charge in [0.1, 0.15) is 6.04 Å². The number of amides is 1. The van der Waals surface area contributed by atoms with Crippen LogP contribution in [-0.2, 0) is 4.79 Å². The van der Waals surface area contributed by atoms with E-state index < -0.39 is 8.07 Å². The van der Waals surface area contributed by atoms with Gasteiger partial charge in [-0.25, -0.2) is 0 Å². The Morgan fingerprint density at radius 1 is 1.46 bits per heavy atom. The second kappa shape index (κ2) is 2.82. The zero-order valence-electron chi connectivity index (χ0n) is 9.22. The van der Waals surface area contributed by atoms with Crippen molar-refractivity contribution in [2.24, 2.45) is 5.73 Å². The van der Waals surface area contributed by atoms with Crippen LogP contribution < -0.4 is 5.73 Å². The molecule has 1 aliphatic rings. The lowest BCUT2D eigenvalue weighted by molar-refractivity contribution is -0.155. The molecule has 1 rings (SSSR count). The van der Waals surface area contributed by atoms with Crippen LogP contribution >= 0.6 is 0 Å². The molecule has 2 N–H and O–H groups in total. The summed E-state index contributed by atoms with van der Waals surface area (Å²) in [5.74, 6) is 0.118. The predicted molar refractivity (Wildman–Crippen MR) is 57.1 cm³/mol. The molecule has 76 valence electrons. The number of β-lactam (4-membered cyclic amide) rings is 1. The van der Waals surface area contributed by atoms with E-state index in [2.05, 4.69) is 19.6 Å². The van der Waals surface area contributed by atoms with Crippen LogP contribution in [0, 0.1) is 0 Å². The molecule has 1 atom stereocenters. The van der Waals surface area contributed by atoms with Crippen LogP contribution in [0.3, 0.4) is 0 Å². The lowest BCUT2D eigenvalue weighted by Gasteiger charge is -2.54. The second-order valence-electron chi connectivity index (χ2n) is 5.62. The second-order valence-corrected chi connectivity index (χ2v) is 11.1. The Bertz CT molecular complexity index is 232. The topological polar surface area (TPSA) is 46.3 Å². The molecule has 0 radical (unpaired) electrons. The highest BCUT2D eigenvalue weighted by molar-refractivity contribution is 6.76. The van der Waals surface area contributed by atoms with Crippen molar-refractivity contribution in [2.75, 3.05) is 6.17 Å². The Hall–Kier alpha value is -0.353. The van der Waals surface area contributed by atoms with Gasteiger partial charge in [0.05, 0.1) is 13.6 Å². The molecule has 0 bridgehead atoms. The van der Waals surface area contributed by atoms with Crippen LogP contribution in [0.15, 0.2) is 0 Å². The minimum absolute atomic E-state index is 0.118. The van der Waals surface area contributed by atoms with Gasteiger partial charge in [0.2, 0.25) is 5.91 Å². The number of carbonyl (C=O) groups is 1. The van der Waals surface area contributed by atoms with Crippen molar-refractivity contribution in [3.05, 3.63) is 0 Å². The Morgan fingerprint density at radius 3 is 2.23 bits per heavy atom. The fourth-order valence-electron chi connectivity index (χ4n) is 1.61. The third kappa shape index (κ3) is 1.78. The van der Waals surface area contributed by atoms with Gasteiger partial charge in [0, 0.05) is 6.17 Å². The zero-order chi connectivity index (χ0) is 10.4. The molecule has 1 fully saturated rings. The first-order valence-corrected chi connectivity index (χ1v) is 8.44. The van der Waals surface area contributed by atoms with Gasteiger partial charge >= 0.3 is 0 Å². The third-order valence-corrected chi connectivity index (χ3v) is 3.89. The Morgan fingerprint density at radius 2 is 1.92 bits per heavy atom. The summed E-state index contributed by atoms with van der Waals surface area (Å²) in [6, 6.07) is -0.288. The molecule has 1 amide bonds. The van der Waals surface area contributed by atoms with Gasteiger partial charge in [-0.2, -0.15) is 0 Å². The molecule has 0 spiro atoms. The smallest absolute Gasteiger partial charge is 0.242 e. The van der Waals surface area contributed by atoms with E-state index in [4.69, 9.17) is 5.73 Å². The number of hydrogen-bond donors (Lipinski definition) is 1. The average molecular weight is 200 g/mol. The highest BCUT2D eigenvalue weighted by Gasteiger charge is 2.52. The number of hydrogen-bond acceptors (Lipinski definition) is 2. The number of likely N-dealkylation sites (tertiary alicyclic amines) is 1. The number of nitrogens with zero attached hydrogens (tertiary/aromatic N) is 1. The van der Waals surface area contributed by atoms with Gasteiger partial charge < -0.3 is 10.6 Å². The summed E-state index contributed by atoms with van der Waals surface area (Å²) in [5, 5.41) is 0. The SMILES string of the molecule is CC1(C)[C@@H](N)C(=O)N1C[Si](C)(C)C. The Labute approximate surface area is 81.3 Å². The van der Waals surface area contributed by atoms with E-state index in [9.17, 15) is 4.79 Å². The van der Waals surface area contributed by atoms with Crippen molar-refractivity contribution >= 4 is 14.0 Å². The van der Waals surface area contributed by atoms with E-state index in [1.165, 1.54) is 0 Å². The molecule has 1 aliphatic heterocycles. The van der Waals surface area contributed by atoms with Gasteiger partial charge in [-0.15, -0.1) is 0 Å². The quantitative estimate of drug-likeness (QED) is 0.530. The van der Waals surface area contributed by atoms with Crippen molar-refractivity contribution in [1.29, 1.82) is 0 Å². The minimum atomic E-state index is -1.20. The van der Waals surface area contributed by atoms with E-state index in [1.807, 2.05) is 18.7 Å². The molecule has 0 unspecified atom stereocenters. The summed E-state index contributed by atoms with van der Waals surface area (Å²) in [6.07, 6.45) is 0.923.